The van der Waals surface area contributed by atoms with E-state index in [1.807, 2.05) is 0 Å². The van der Waals surface area contributed by atoms with Crippen LogP contribution in [0.5, 0.6) is 0 Å². The molecule has 2 N–H and O–H groups in total. The van der Waals surface area contributed by atoms with E-state index in [2.05, 4.69) is 16.2 Å². The summed E-state index contributed by atoms with van der Waals surface area (Å²) >= 11 is 0. The number of nitrogens with two attached hydrogens (primary N) is 1. The fourth-order valence-electron chi connectivity index (χ4n) is 4.52. The Hall–Kier alpha value is -2.98. The monoisotopic (exact) mass is 459 g/mol. The highest BCUT2D eigenvalue weighted by Gasteiger charge is 2.65. The first-order valence-electron chi connectivity index (χ1n) is 10.8. The minimum atomic E-state index is -1.61. The zero-order valence-corrected chi connectivity index (χ0v) is 18.3. The number of nitrogen functional groups attached to an aromatic ring is 1. The first kappa shape index (κ1) is 21.8. The second-order valence-electron chi connectivity index (χ2n) is 8.73. The Kier molecular flexibility index (Phi) is 5.37. The van der Waals surface area contributed by atoms with Crippen molar-refractivity contribution in [2.24, 2.45) is 0 Å². The lowest BCUT2D eigenvalue weighted by molar-refractivity contribution is -0.206. The molecule has 2 aromatic rings. The van der Waals surface area contributed by atoms with Crippen LogP contribution in [0.15, 0.2) is 18.5 Å². The van der Waals surface area contributed by atoms with Gasteiger partial charge in [-0.3, -0.25) is 0 Å². The van der Waals surface area contributed by atoms with E-state index >= 15 is 0 Å². The number of hydrogen-bond acceptors (Lipinski definition) is 11. The summed E-state index contributed by atoms with van der Waals surface area (Å²) < 4.78 is 35.9. The molecule has 12 nitrogen and oxygen atoms in total. The van der Waals surface area contributed by atoms with Gasteiger partial charge >= 0.3 is 6.16 Å². The van der Waals surface area contributed by atoms with Gasteiger partial charge in [-0.1, -0.05) is 0 Å². The van der Waals surface area contributed by atoms with Gasteiger partial charge in [-0.15, -0.1) is 0 Å². The molecule has 2 aromatic heterocycles. The van der Waals surface area contributed by atoms with Crippen molar-refractivity contribution in [3.05, 3.63) is 24.2 Å². The van der Waals surface area contributed by atoms with Crippen molar-refractivity contribution in [1.82, 2.24) is 14.6 Å². The van der Waals surface area contributed by atoms with Gasteiger partial charge in [-0.2, -0.15) is 10.4 Å². The summed E-state index contributed by atoms with van der Waals surface area (Å²) in [5.74, 6) is -0.663. The summed E-state index contributed by atoms with van der Waals surface area (Å²) in [7, 11) is 0. The Labute approximate surface area is 189 Å². The highest BCUT2D eigenvalue weighted by molar-refractivity contribution is 5.65. The van der Waals surface area contributed by atoms with Crippen molar-refractivity contribution in [2.75, 3.05) is 25.6 Å². The average molecular weight is 459 g/mol. The van der Waals surface area contributed by atoms with Gasteiger partial charge in [0.1, 0.15) is 48.9 Å². The molecule has 0 aliphatic carbocycles. The smallest absolute Gasteiger partial charge is 0.431 e. The number of hydrogen-bond donors (Lipinski definition) is 1. The molecular formula is C21H25N5O7. The highest BCUT2D eigenvalue weighted by atomic mass is 16.8. The third-order valence-electron chi connectivity index (χ3n) is 6.05. The predicted molar refractivity (Wildman–Crippen MR) is 110 cm³/mol. The summed E-state index contributed by atoms with van der Waals surface area (Å²) in [6.07, 6.45) is -0.821. The minimum Gasteiger partial charge on any atom is -0.431 e. The largest absolute Gasteiger partial charge is 0.508 e. The van der Waals surface area contributed by atoms with Gasteiger partial charge in [0.05, 0.1) is 18.9 Å². The molecule has 0 radical (unpaired) electrons. The first-order valence-corrected chi connectivity index (χ1v) is 10.8. The molecule has 0 unspecified atom stereocenters. The lowest BCUT2D eigenvalue weighted by Crippen LogP contribution is -2.46. The van der Waals surface area contributed by atoms with Crippen LogP contribution in [0.2, 0.25) is 0 Å². The van der Waals surface area contributed by atoms with Crippen molar-refractivity contribution in [1.29, 1.82) is 5.26 Å². The van der Waals surface area contributed by atoms with E-state index in [1.54, 1.807) is 30.5 Å². The molecule has 0 spiro atoms. The first-order chi connectivity index (χ1) is 15.8. The molecule has 0 aromatic carbocycles. The maximum absolute atomic E-state index is 12.3. The van der Waals surface area contributed by atoms with E-state index in [-0.39, 0.29) is 12.7 Å². The second kappa shape index (κ2) is 8.11. The van der Waals surface area contributed by atoms with Crippen LogP contribution in [0.1, 0.15) is 38.5 Å². The fraction of sp³-hybridized carbons (Fsp3) is 0.619. The molecular weight excluding hydrogens is 434 g/mol. The summed E-state index contributed by atoms with van der Waals surface area (Å²) in [5, 5.41) is 14.4. The molecule has 5 rings (SSSR count). The maximum Gasteiger partial charge on any atom is 0.508 e. The third-order valence-corrected chi connectivity index (χ3v) is 6.05. The van der Waals surface area contributed by atoms with E-state index in [4.69, 9.17) is 34.2 Å². The fourth-order valence-corrected chi connectivity index (χ4v) is 4.52. The highest BCUT2D eigenvalue weighted by Crippen LogP contribution is 2.50. The molecule has 3 aliphatic heterocycles. The zero-order chi connectivity index (χ0) is 23.2. The van der Waals surface area contributed by atoms with Gasteiger partial charge in [0, 0.05) is 12.8 Å². The van der Waals surface area contributed by atoms with Crippen LogP contribution in [0, 0.1) is 11.3 Å². The summed E-state index contributed by atoms with van der Waals surface area (Å²) in [6.45, 7) is 4.16. The molecule has 5 heterocycles. The van der Waals surface area contributed by atoms with Crippen molar-refractivity contribution < 1.29 is 33.2 Å². The van der Waals surface area contributed by atoms with Crippen LogP contribution in [0.3, 0.4) is 0 Å². The minimum absolute atomic E-state index is 0.281. The van der Waals surface area contributed by atoms with Crippen molar-refractivity contribution in [3.8, 4) is 6.07 Å². The number of carbonyl (C=O) groups is 1. The summed E-state index contributed by atoms with van der Waals surface area (Å²) in [5.41, 5.74) is 5.55. The lowest BCUT2D eigenvalue weighted by atomic mass is 9.96. The predicted octanol–water partition coefficient (Wildman–Crippen LogP) is 1.50. The molecule has 3 aliphatic rings. The van der Waals surface area contributed by atoms with Crippen LogP contribution in [-0.2, 0) is 28.4 Å². The van der Waals surface area contributed by atoms with Crippen LogP contribution in [0.4, 0.5) is 10.6 Å². The Balaban J connectivity index is 1.39. The molecule has 33 heavy (non-hydrogen) atoms. The Morgan fingerprint density at radius 2 is 2.09 bits per heavy atom. The number of ether oxygens (including phenoxy) is 6. The van der Waals surface area contributed by atoms with Crippen LogP contribution in [0.25, 0.3) is 5.52 Å². The molecule has 3 saturated heterocycles. The quantitative estimate of drug-likeness (QED) is 0.662. The van der Waals surface area contributed by atoms with Gasteiger partial charge in [-0.05, 0) is 26.0 Å². The van der Waals surface area contributed by atoms with Gasteiger partial charge in [0.15, 0.2) is 11.6 Å². The summed E-state index contributed by atoms with van der Waals surface area (Å²) in [6, 6.07) is 5.69. The van der Waals surface area contributed by atoms with E-state index in [1.165, 1.54) is 6.33 Å². The third kappa shape index (κ3) is 3.87. The number of nitrogens with zero attached hydrogens (tertiary/aromatic N) is 4. The standard InChI is InChI=1S/C21H25N5O7/c1-20(2)31-16-15(13-3-4-14-18(23)24-11-25-26(13)14)32-21(9-22,17(16)33-20)10-29-19(27)30-12-5-7-28-8-6-12/h3-4,11-12,15-17H,5-8,10H2,1-2H3,(H2,23,24,25)/t15-,16-,17-,21+/m0/s1. The average Bonchev–Trinajstić information content (AvgIpc) is 3.44. The van der Waals surface area contributed by atoms with E-state index in [0.29, 0.717) is 43.1 Å². The lowest BCUT2D eigenvalue weighted by Gasteiger charge is -2.29. The van der Waals surface area contributed by atoms with Crippen molar-refractivity contribution in [3.63, 3.8) is 0 Å². The van der Waals surface area contributed by atoms with Gasteiger partial charge in [0.2, 0.25) is 5.60 Å². The van der Waals surface area contributed by atoms with Gasteiger partial charge in [0.25, 0.3) is 0 Å². The topological polar surface area (TPSA) is 152 Å². The molecule has 3 fully saturated rings. The Bertz CT molecular complexity index is 1090. The molecule has 4 atom stereocenters. The van der Waals surface area contributed by atoms with Crippen LogP contribution in [-0.4, -0.2) is 70.3 Å². The maximum atomic E-state index is 12.3. The van der Waals surface area contributed by atoms with Crippen LogP contribution >= 0.6 is 0 Å². The van der Waals surface area contributed by atoms with Crippen molar-refractivity contribution in [2.45, 2.75) is 62.5 Å². The van der Waals surface area contributed by atoms with E-state index < -0.39 is 35.9 Å². The molecule has 0 amide bonds. The number of nitriles is 1. The summed E-state index contributed by atoms with van der Waals surface area (Å²) in [4.78, 5) is 16.3. The Morgan fingerprint density at radius 3 is 2.85 bits per heavy atom. The van der Waals surface area contributed by atoms with E-state index in [9.17, 15) is 10.1 Å². The number of aromatic nitrogens is 3. The number of anilines is 1. The Morgan fingerprint density at radius 1 is 1.30 bits per heavy atom. The SMILES string of the molecule is CC1(C)O[C@H]2[C@H](c3ccc4c(N)ncnn34)O[C@](C#N)(COC(=O)OC3CCOCC3)[C@H]2O1. The zero-order valence-electron chi connectivity index (χ0n) is 18.3. The van der Waals surface area contributed by atoms with Crippen molar-refractivity contribution >= 4 is 17.5 Å². The number of rotatable bonds is 4. The molecule has 0 bridgehead atoms. The number of fused-ring (bicyclic) bond motifs is 2. The molecule has 0 saturated carbocycles. The normalized spacial score (nSPS) is 31.2. The van der Waals surface area contributed by atoms with Gasteiger partial charge in [-0.25, -0.2) is 14.3 Å². The number of carbonyl (C=O) groups excluding carboxylic acids is 1. The molecule has 12 heteroatoms. The van der Waals surface area contributed by atoms with E-state index in [0.717, 1.165) is 0 Å². The second-order valence-corrected chi connectivity index (χ2v) is 8.73. The van der Waals surface area contributed by atoms with Gasteiger partial charge < -0.3 is 34.2 Å². The van der Waals surface area contributed by atoms with Crippen LogP contribution < -0.4 is 5.73 Å². The molecule has 176 valence electrons.